The minimum Gasteiger partial charge on any atom is -0.474 e. The second kappa shape index (κ2) is 3.53. The minimum absolute atomic E-state index is 0.322. The van der Waals surface area contributed by atoms with Crippen molar-refractivity contribution >= 4 is 28.3 Å². The highest BCUT2D eigenvalue weighted by atomic mass is 32.1. The number of carboxylic acid groups (broad SMARTS) is 1. The van der Waals surface area contributed by atoms with Gasteiger partial charge in [0.15, 0.2) is 5.13 Å². The van der Waals surface area contributed by atoms with Crippen LogP contribution in [-0.4, -0.2) is 22.0 Å². The van der Waals surface area contributed by atoms with E-state index in [4.69, 9.17) is 5.11 Å². The van der Waals surface area contributed by atoms with Crippen LogP contribution in [0.15, 0.2) is 0 Å². The number of nitrogens with one attached hydrogen (secondary N) is 1. The number of aryl methyl sites for hydroxylation is 2. The van der Waals surface area contributed by atoms with Crippen LogP contribution in [0.1, 0.15) is 10.6 Å². The van der Waals surface area contributed by atoms with Crippen molar-refractivity contribution in [2.75, 3.05) is 5.32 Å². The van der Waals surface area contributed by atoms with E-state index in [9.17, 15) is 9.59 Å². The van der Waals surface area contributed by atoms with Crippen LogP contribution in [0.25, 0.3) is 0 Å². The Balaban J connectivity index is 2.75. The molecule has 0 bridgehead atoms. The van der Waals surface area contributed by atoms with Crippen molar-refractivity contribution < 1.29 is 14.7 Å². The first-order valence-corrected chi connectivity index (χ1v) is 4.30. The summed E-state index contributed by atoms with van der Waals surface area (Å²) in [4.78, 5) is 25.8. The number of aromatic nitrogens is 1. The van der Waals surface area contributed by atoms with Crippen molar-refractivity contribution in [3.63, 3.8) is 0 Å². The van der Waals surface area contributed by atoms with Gasteiger partial charge < -0.3 is 5.11 Å². The molecule has 0 radical (unpaired) electrons. The molecule has 0 aliphatic rings. The number of nitrogens with zero attached hydrogens (tertiary/aromatic N) is 1. The predicted octanol–water partition coefficient (Wildman–Crippen LogP) is 0.783. The summed E-state index contributed by atoms with van der Waals surface area (Å²) in [5, 5.41) is 10.8. The van der Waals surface area contributed by atoms with Gasteiger partial charge in [-0.05, 0) is 13.8 Å². The Bertz CT molecular complexity index is 339. The number of anilines is 1. The zero-order valence-electron chi connectivity index (χ0n) is 7.12. The van der Waals surface area contributed by atoms with Gasteiger partial charge in [0.05, 0.1) is 5.69 Å². The molecule has 0 saturated heterocycles. The molecule has 0 aliphatic carbocycles. The van der Waals surface area contributed by atoms with Crippen molar-refractivity contribution in [3.05, 3.63) is 10.6 Å². The third kappa shape index (κ3) is 2.25. The molecule has 5 nitrogen and oxygen atoms in total. The Labute approximate surface area is 78.4 Å². The van der Waals surface area contributed by atoms with Crippen molar-refractivity contribution in [1.29, 1.82) is 0 Å². The quantitative estimate of drug-likeness (QED) is 0.656. The predicted molar refractivity (Wildman–Crippen MR) is 47.9 cm³/mol. The van der Waals surface area contributed by atoms with Crippen LogP contribution < -0.4 is 5.32 Å². The molecule has 0 fully saturated rings. The van der Waals surface area contributed by atoms with Gasteiger partial charge in [0.25, 0.3) is 0 Å². The number of rotatable bonds is 1. The first-order valence-electron chi connectivity index (χ1n) is 3.49. The molecule has 1 heterocycles. The van der Waals surface area contributed by atoms with E-state index in [0.29, 0.717) is 5.13 Å². The summed E-state index contributed by atoms with van der Waals surface area (Å²) in [7, 11) is 0. The van der Waals surface area contributed by atoms with E-state index < -0.39 is 11.9 Å². The van der Waals surface area contributed by atoms with Crippen molar-refractivity contribution in [3.8, 4) is 0 Å². The molecule has 0 atom stereocenters. The lowest BCUT2D eigenvalue weighted by atomic mass is 10.4. The normalized spacial score (nSPS) is 9.69. The Morgan fingerprint density at radius 2 is 2.08 bits per heavy atom. The third-order valence-corrected chi connectivity index (χ3v) is 2.43. The third-order valence-electron chi connectivity index (χ3n) is 1.44. The van der Waals surface area contributed by atoms with Crippen LogP contribution in [0.2, 0.25) is 0 Å². The second-order valence-electron chi connectivity index (χ2n) is 2.42. The number of thiazole rings is 1. The lowest BCUT2D eigenvalue weighted by molar-refractivity contribution is -0.147. The average Bonchev–Trinajstić information content (AvgIpc) is 2.31. The summed E-state index contributed by atoms with van der Waals surface area (Å²) >= 11 is 1.25. The summed E-state index contributed by atoms with van der Waals surface area (Å²) in [6.45, 7) is 3.64. The number of carbonyl (C=O) groups excluding carboxylic acids is 1. The zero-order chi connectivity index (χ0) is 10.0. The van der Waals surface area contributed by atoms with E-state index in [2.05, 4.69) is 10.3 Å². The van der Waals surface area contributed by atoms with E-state index in [1.54, 1.807) is 6.92 Å². The van der Waals surface area contributed by atoms with Crippen LogP contribution in [0.4, 0.5) is 5.13 Å². The highest BCUT2D eigenvalue weighted by molar-refractivity contribution is 7.15. The highest BCUT2D eigenvalue weighted by Gasteiger charge is 2.13. The fourth-order valence-electron chi connectivity index (χ4n) is 0.677. The molecule has 0 spiro atoms. The van der Waals surface area contributed by atoms with Gasteiger partial charge in [-0.25, -0.2) is 9.78 Å². The molecule has 1 amide bonds. The van der Waals surface area contributed by atoms with Crippen LogP contribution in [-0.2, 0) is 9.59 Å². The van der Waals surface area contributed by atoms with E-state index >= 15 is 0 Å². The van der Waals surface area contributed by atoms with Gasteiger partial charge in [0, 0.05) is 4.88 Å². The van der Waals surface area contributed by atoms with Crippen LogP contribution in [0.3, 0.4) is 0 Å². The van der Waals surface area contributed by atoms with Gasteiger partial charge in [-0.2, -0.15) is 0 Å². The van der Waals surface area contributed by atoms with Crippen molar-refractivity contribution in [2.24, 2.45) is 0 Å². The summed E-state index contributed by atoms with van der Waals surface area (Å²) in [5.41, 5.74) is 0.797. The summed E-state index contributed by atoms with van der Waals surface area (Å²) < 4.78 is 0. The SMILES string of the molecule is Cc1nc(NC(=O)C(=O)O)sc1C. The largest absolute Gasteiger partial charge is 0.474 e. The maximum atomic E-state index is 10.7. The first-order chi connectivity index (χ1) is 6.00. The van der Waals surface area contributed by atoms with Gasteiger partial charge >= 0.3 is 11.9 Å². The first kappa shape index (κ1) is 9.66. The molecule has 0 saturated carbocycles. The lowest BCUT2D eigenvalue weighted by Gasteiger charge is -1.93. The number of carboxylic acids is 1. The molecule has 6 heteroatoms. The van der Waals surface area contributed by atoms with E-state index in [1.807, 2.05) is 6.92 Å². The van der Waals surface area contributed by atoms with Crippen molar-refractivity contribution in [1.82, 2.24) is 4.98 Å². The number of hydrogen-bond donors (Lipinski definition) is 2. The average molecular weight is 200 g/mol. The maximum Gasteiger partial charge on any atom is 0.394 e. The highest BCUT2D eigenvalue weighted by Crippen LogP contribution is 2.20. The summed E-state index contributed by atoms with van der Waals surface area (Å²) in [6.07, 6.45) is 0. The molecule has 70 valence electrons. The second-order valence-corrected chi connectivity index (χ2v) is 3.62. The van der Waals surface area contributed by atoms with Gasteiger partial charge in [-0.3, -0.25) is 10.1 Å². The van der Waals surface area contributed by atoms with Crippen LogP contribution in [0, 0.1) is 13.8 Å². The number of carbonyl (C=O) groups is 2. The maximum absolute atomic E-state index is 10.7. The van der Waals surface area contributed by atoms with Gasteiger partial charge in [-0.1, -0.05) is 0 Å². The summed E-state index contributed by atoms with van der Waals surface area (Å²) in [5.74, 6) is -2.57. The van der Waals surface area contributed by atoms with Gasteiger partial charge in [0.2, 0.25) is 0 Å². The zero-order valence-corrected chi connectivity index (χ0v) is 7.94. The van der Waals surface area contributed by atoms with Crippen LogP contribution in [0.5, 0.6) is 0 Å². The van der Waals surface area contributed by atoms with Gasteiger partial charge in [0.1, 0.15) is 0 Å². The fraction of sp³-hybridized carbons (Fsp3) is 0.286. The Morgan fingerprint density at radius 3 is 2.46 bits per heavy atom. The number of aliphatic carboxylic acids is 1. The topological polar surface area (TPSA) is 79.3 Å². The molecular formula is C7H8N2O3S. The van der Waals surface area contributed by atoms with E-state index in [-0.39, 0.29) is 0 Å². The molecule has 1 aromatic heterocycles. The Morgan fingerprint density at radius 1 is 1.46 bits per heavy atom. The van der Waals surface area contributed by atoms with E-state index in [0.717, 1.165) is 10.6 Å². The smallest absolute Gasteiger partial charge is 0.394 e. The standard InChI is InChI=1S/C7H8N2O3S/c1-3-4(2)13-7(8-3)9-5(10)6(11)12/h1-2H3,(H,11,12)(H,8,9,10). The van der Waals surface area contributed by atoms with Crippen LogP contribution >= 0.6 is 11.3 Å². The Hall–Kier alpha value is -1.43. The molecule has 1 rings (SSSR count). The molecular weight excluding hydrogens is 192 g/mol. The number of hydrogen-bond acceptors (Lipinski definition) is 4. The van der Waals surface area contributed by atoms with Crippen molar-refractivity contribution in [2.45, 2.75) is 13.8 Å². The van der Waals surface area contributed by atoms with E-state index in [1.165, 1.54) is 11.3 Å². The van der Waals surface area contributed by atoms with Gasteiger partial charge in [-0.15, -0.1) is 11.3 Å². The lowest BCUT2D eigenvalue weighted by Crippen LogP contribution is -2.21. The monoisotopic (exact) mass is 200 g/mol. The number of amides is 1. The molecule has 0 aromatic carbocycles. The fourth-order valence-corrected chi connectivity index (χ4v) is 1.49. The molecule has 0 aliphatic heterocycles. The molecule has 0 unspecified atom stereocenters. The minimum atomic E-state index is -1.51. The molecule has 1 aromatic rings. The molecule has 2 N–H and O–H groups in total. The molecule has 13 heavy (non-hydrogen) atoms. The Kier molecular flexibility index (Phi) is 2.62. The summed E-state index contributed by atoms with van der Waals surface area (Å²) in [6, 6.07) is 0.